The Labute approximate surface area is 311 Å². The Morgan fingerprint density at radius 3 is 1.39 bits per heavy atom. The second kappa shape index (κ2) is 12.1. The average molecular weight is 690 g/mol. The average Bonchev–Trinajstić information content (AvgIpc) is 3.75. The van der Waals surface area contributed by atoms with E-state index in [0.717, 1.165) is 49.9 Å². The van der Waals surface area contributed by atoms with Crippen LogP contribution in [0.2, 0.25) is 0 Å². The third-order valence-corrected chi connectivity index (χ3v) is 10.6. The second-order valence-corrected chi connectivity index (χ2v) is 13.6. The van der Waals surface area contributed by atoms with Gasteiger partial charge in [-0.05, 0) is 47.9 Å². The maximum absolute atomic E-state index is 5.10. The Morgan fingerprint density at radius 2 is 0.759 bits per heavy atom. The van der Waals surface area contributed by atoms with Gasteiger partial charge in [-0.15, -0.1) is 0 Å². The highest BCUT2D eigenvalue weighted by molar-refractivity contribution is 6.19. The van der Waals surface area contributed by atoms with Crippen LogP contribution in [0.3, 0.4) is 0 Å². The largest absolute Gasteiger partial charge is 0.309 e. The fraction of sp³-hybridized carbons (Fsp3) is 0. The van der Waals surface area contributed by atoms with Gasteiger partial charge < -0.3 is 9.13 Å². The summed E-state index contributed by atoms with van der Waals surface area (Å²) in [4.78, 5) is 15.1. The van der Waals surface area contributed by atoms with Crippen molar-refractivity contribution in [1.29, 1.82) is 0 Å². The molecule has 0 radical (unpaired) electrons. The highest BCUT2D eigenvalue weighted by Gasteiger charge is 2.20. The highest BCUT2D eigenvalue weighted by atomic mass is 15.0. The van der Waals surface area contributed by atoms with Crippen molar-refractivity contribution < 1.29 is 0 Å². The van der Waals surface area contributed by atoms with E-state index in [1.165, 1.54) is 32.6 Å². The molecule has 0 unspecified atom stereocenters. The molecular weight excluding hydrogens is 659 g/mol. The van der Waals surface area contributed by atoms with Gasteiger partial charge in [0.15, 0.2) is 17.5 Å². The van der Waals surface area contributed by atoms with Crippen LogP contribution in [0.4, 0.5) is 0 Å². The molecule has 0 saturated heterocycles. The van der Waals surface area contributed by atoms with Crippen molar-refractivity contribution in [3.8, 4) is 45.5 Å². The Kier molecular flexibility index (Phi) is 6.79. The minimum absolute atomic E-state index is 0.642. The molecule has 0 N–H and O–H groups in total. The lowest BCUT2D eigenvalue weighted by Gasteiger charge is -2.14. The molecular formula is C49H31N5. The standard InChI is InChI=1S/C49H31N5/c1-4-16-32(17-5-1)47-50-48(33-18-6-2-7-19-33)52-49(51-47)39-26-14-25-36-35(39)24-15-29-44(36)54-43-28-13-11-23-38(43)41-30-45-40(31-46(41)54)37-22-10-12-27-42(37)53(45)34-20-8-3-9-21-34/h1-31H. The molecule has 8 aromatic carbocycles. The molecule has 54 heavy (non-hydrogen) atoms. The van der Waals surface area contributed by atoms with Crippen molar-refractivity contribution >= 4 is 54.4 Å². The van der Waals surface area contributed by atoms with Crippen LogP contribution in [0, 0.1) is 0 Å². The van der Waals surface area contributed by atoms with E-state index in [1.54, 1.807) is 0 Å². The molecule has 0 fully saturated rings. The van der Waals surface area contributed by atoms with Crippen LogP contribution in [-0.4, -0.2) is 24.1 Å². The molecule has 0 amide bonds. The third kappa shape index (κ3) is 4.69. The van der Waals surface area contributed by atoms with E-state index < -0.39 is 0 Å². The lowest BCUT2D eigenvalue weighted by Crippen LogP contribution is -2.01. The first-order chi connectivity index (χ1) is 26.8. The summed E-state index contributed by atoms with van der Waals surface area (Å²) in [5.41, 5.74) is 9.82. The number of hydrogen-bond acceptors (Lipinski definition) is 3. The maximum atomic E-state index is 5.10. The predicted molar refractivity (Wildman–Crippen MR) is 222 cm³/mol. The summed E-state index contributed by atoms with van der Waals surface area (Å²) < 4.78 is 4.82. The summed E-state index contributed by atoms with van der Waals surface area (Å²) in [6.07, 6.45) is 0. The van der Waals surface area contributed by atoms with Gasteiger partial charge in [0, 0.05) is 49.3 Å². The summed E-state index contributed by atoms with van der Waals surface area (Å²) in [5, 5.41) is 7.07. The first kappa shape index (κ1) is 30.3. The SMILES string of the molecule is c1ccc(-c2nc(-c3ccccc3)nc(-c3cccc4c(-n5c6ccccc6c6cc7c(cc65)c5ccccc5n7-c5ccccc5)cccc34)n2)cc1. The molecule has 252 valence electrons. The van der Waals surface area contributed by atoms with Crippen LogP contribution in [0.1, 0.15) is 0 Å². The Bertz CT molecular complexity index is 3140. The minimum atomic E-state index is 0.642. The molecule has 0 aliphatic rings. The quantitative estimate of drug-likeness (QED) is 0.181. The summed E-state index contributed by atoms with van der Waals surface area (Å²) in [6, 6.07) is 66.2. The van der Waals surface area contributed by atoms with Gasteiger partial charge in [0.05, 0.1) is 27.8 Å². The van der Waals surface area contributed by atoms with Crippen LogP contribution in [0.15, 0.2) is 188 Å². The summed E-state index contributed by atoms with van der Waals surface area (Å²) in [6.45, 7) is 0. The lowest BCUT2D eigenvalue weighted by atomic mass is 10.0. The maximum Gasteiger partial charge on any atom is 0.164 e. The smallest absolute Gasteiger partial charge is 0.164 e. The van der Waals surface area contributed by atoms with Gasteiger partial charge in [0.1, 0.15) is 0 Å². The lowest BCUT2D eigenvalue weighted by molar-refractivity contribution is 1.08. The number of para-hydroxylation sites is 3. The van der Waals surface area contributed by atoms with Crippen molar-refractivity contribution in [2.45, 2.75) is 0 Å². The van der Waals surface area contributed by atoms with E-state index in [0.29, 0.717) is 17.5 Å². The van der Waals surface area contributed by atoms with Crippen molar-refractivity contribution in [2.24, 2.45) is 0 Å². The molecule has 0 atom stereocenters. The van der Waals surface area contributed by atoms with E-state index in [9.17, 15) is 0 Å². The van der Waals surface area contributed by atoms with Crippen LogP contribution in [0.5, 0.6) is 0 Å². The van der Waals surface area contributed by atoms with Gasteiger partial charge in [-0.25, -0.2) is 15.0 Å². The molecule has 3 heterocycles. The van der Waals surface area contributed by atoms with E-state index in [-0.39, 0.29) is 0 Å². The van der Waals surface area contributed by atoms with Gasteiger partial charge in [0.25, 0.3) is 0 Å². The number of nitrogens with zero attached hydrogens (tertiary/aromatic N) is 5. The van der Waals surface area contributed by atoms with Gasteiger partial charge in [-0.1, -0.05) is 146 Å². The number of hydrogen-bond donors (Lipinski definition) is 0. The molecule has 11 rings (SSSR count). The zero-order valence-corrected chi connectivity index (χ0v) is 29.1. The van der Waals surface area contributed by atoms with Crippen molar-refractivity contribution in [3.05, 3.63) is 188 Å². The summed E-state index contributed by atoms with van der Waals surface area (Å²) >= 11 is 0. The Hall–Kier alpha value is -7.37. The van der Waals surface area contributed by atoms with Gasteiger partial charge in [0.2, 0.25) is 0 Å². The number of fused-ring (bicyclic) bond motifs is 7. The fourth-order valence-corrected chi connectivity index (χ4v) is 8.16. The topological polar surface area (TPSA) is 48.5 Å². The van der Waals surface area contributed by atoms with Crippen molar-refractivity contribution in [2.75, 3.05) is 0 Å². The third-order valence-electron chi connectivity index (χ3n) is 10.6. The molecule has 3 aromatic heterocycles. The highest BCUT2D eigenvalue weighted by Crippen LogP contribution is 2.41. The van der Waals surface area contributed by atoms with Crippen LogP contribution >= 0.6 is 0 Å². The predicted octanol–water partition coefficient (Wildman–Crippen LogP) is 12.2. The number of rotatable bonds is 5. The molecule has 0 aliphatic heterocycles. The zero-order chi connectivity index (χ0) is 35.6. The second-order valence-electron chi connectivity index (χ2n) is 13.6. The first-order valence-electron chi connectivity index (χ1n) is 18.2. The number of benzene rings is 8. The molecule has 11 aromatic rings. The fourth-order valence-electron chi connectivity index (χ4n) is 8.16. The molecule has 5 nitrogen and oxygen atoms in total. The van der Waals surface area contributed by atoms with Crippen LogP contribution < -0.4 is 0 Å². The molecule has 0 spiro atoms. The van der Waals surface area contributed by atoms with Crippen LogP contribution in [-0.2, 0) is 0 Å². The van der Waals surface area contributed by atoms with Crippen molar-refractivity contribution in [3.63, 3.8) is 0 Å². The van der Waals surface area contributed by atoms with E-state index in [1.807, 2.05) is 60.7 Å². The van der Waals surface area contributed by atoms with Gasteiger partial charge in [-0.2, -0.15) is 0 Å². The Morgan fingerprint density at radius 1 is 0.296 bits per heavy atom. The monoisotopic (exact) mass is 689 g/mol. The summed E-state index contributed by atoms with van der Waals surface area (Å²) in [5.74, 6) is 1.94. The summed E-state index contributed by atoms with van der Waals surface area (Å²) in [7, 11) is 0. The number of aromatic nitrogens is 5. The Balaban J connectivity index is 1.18. The zero-order valence-electron chi connectivity index (χ0n) is 29.1. The normalized spacial score (nSPS) is 11.7. The van der Waals surface area contributed by atoms with E-state index in [4.69, 9.17) is 15.0 Å². The van der Waals surface area contributed by atoms with Crippen LogP contribution in [0.25, 0.3) is 99.9 Å². The minimum Gasteiger partial charge on any atom is -0.309 e. The van der Waals surface area contributed by atoms with Gasteiger partial charge in [-0.3, -0.25) is 0 Å². The van der Waals surface area contributed by atoms with Gasteiger partial charge >= 0.3 is 0 Å². The molecule has 5 heteroatoms. The molecule has 0 aliphatic carbocycles. The molecule has 0 saturated carbocycles. The first-order valence-corrected chi connectivity index (χ1v) is 18.2. The molecule has 0 bridgehead atoms. The van der Waals surface area contributed by atoms with E-state index in [2.05, 4.69) is 137 Å². The van der Waals surface area contributed by atoms with Crippen molar-refractivity contribution in [1.82, 2.24) is 24.1 Å². The van der Waals surface area contributed by atoms with E-state index >= 15 is 0 Å².